The lowest BCUT2D eigenvalue weighted by molar-refractivity contribution is -0.0127. The number of aliphatic hydroxyl groups is 1. The summed E-state index contributed by atoms with van der Waals surface area (Å²) in [5, 5.41) is 10.0. The van der Waals surface area contributed by atoms with E-state index in [0.717, 1.165) is 26.0 Å². The first-order valence-electron chi connectivity index (χ1n) is 6.13. The zero-order chi connectivity index (χ0) is 11.3. The third-order valence-corrected chi connectivity index (χ3v) is 3.46. The van der Waals surface area contributed by atoms with E-state index < -0.39 is 0 Å². The van der Waals surface area contributed by atoms with Crippen molar-refractivity contribution >= 4 is 0 Å². The highest BCUT2D eigenvalue weighted by atomic mass is 16.5. The highest BCUT2D eigenvalue weighted by molar-refractivity contribution is 4.85. The summed E-state index contributed by atoms with van der Waals surface area (Å²) in [6, 6.07) is 0.742. The molecule has 0 aromatic heterocycles. The standard InChI is InChI=1S/C12H25NO2/c1-4-13(10(2)9-15-3)11-7-5-6-8-12(11)14/h10-12,14H,4-9H2,1-3H3/t10?,11-,12-/m1/s1. The number of aliphatic hydroxyl groups excluding tert-OH is 1. The molecule has 3 atom stereocenters. The monoisotopic (exact) mass is 215 g/mol. The first kappa shape index (κ1) is 12.9. The van der Waals surface area contributed by atoms with Gasteiger partial charge in [-0.05, 0) is 26.3 Å². The quantitative estimate of drug-likeness (QED) is 0.757. The Morgan fingerprint density at radius 2 is 2.07 bits per heavy atom. The summed E-state index contributed by atoms with van der Waals surface area (Å²) in [4.78, 5) is 2.38. The van der Waals surface area contributed by atoms with Gasteiger partial charge in [-0.25, -0.2) is 0 Å². The number of ether oxygens (including phenoxy) is 1. The molecule has 90 valence electrons. The summed E-state index contributed by atoms with van der Waals surface area (Å²) in [7, 11) is 1.74. The second kappa shape index (κ2) is 6.46. The lowest BCUT2D eigenvalue weighted by Crippen LogP contribution is -2.50. The Bertz CT molecular complexity index is 175. The van der Waals surface area contributed by atoms with Gasteiger partial charge in [0.25, 0.3) is 0 Å². The molecule has 1 fully saturated rings. The van der Waals surface area contributed by atoms with E-state index in [-0.39, 0.29) is 6.10 Å². The van der Waals surface area contributed by atoms with Gasteiger partial charge in [0, 0.05) is 19.2 Å². The van der Waals surface area contributed by atoms with E-state index in [9.17, 15) is 5.11 Å². The van der Waals surface area contributed by atoms with Gasteiger partial charge in [0.1, 0.15) is 0 Å². The van der Waals surface area contributed by atoms with Crippen molar-refractivity contribution in [1.82, 2.24) is 4.90 Å². The normalized spacial score (nSPS) is 29.4. The summed E-state index contributed by atoms with van der Waals surface area (Å²) in [6.45, 7) is 6.07. The average molecular weight is 215 g/mol. The second-order valence-electron chi connectivity index (χ2n) is 4.55. The van der Waals surface area contributed by atoms with Crippen LogP contribution in [-0.2, 0) is 4.74 Å². The Morgan fingerprint density at radius 1 is 1.40 bits per heavy atom. The van der Waals surface area contributed by atoms with Crippen molar-refractivity contribution in [3.05, 3.63) is 0 Å². The van der Waals surface area contributed by atoms with E-state index in [1.165, 1.54) is 12.8 Å². The molecule has 0 heterocycles. The minimum atomic E-state index is -0.141. The molecule has 0 aliphatic heterocycles. The number of likely N-dealkylation sites (N-methyl/N-ethyl adjacent to an activating group) is 1. The summed E-state index contributed by atoms with van der Waals surface area (Å²) in [6.07, 6.45) is 4.37. The van der Waals surface area contributed by atoms with Crippen LogP contribution in [0.4, 0.5) is 0 Å². The third kappa shape index (κ3) is 3.44. The molecule has 1 unspecified atom stereocenters. The van der Waals surface area contributed by atoms with E-state index in [2.05, 4.69) is 18.7 Å². The highest BCUT2D eigenvalue weighted by Gasteiger charge is 2.30. The van der Waals surface area contributed by atoms with E-state index in [4.69, 9.17) is 4.74 Å². The summed E-state index contributed by atoms with van der Waals surface area (Å²) in [5.74, 6) is 0. The summed E-state index contributed by atoms with van der Waals surface area (Å²) < 4.78 is 5.19. The third-order valence-electron chi connectivity index (χ3n) is 3.46. The van der Waals surface area contributed by atoms with Gasteiger partial charge in [0.2, 0.25) is 0 Å². The van der Waals surface area contributed by atoms with Crippen LogP contribution in [0.3, 0.4) is 0 Å². The van der Waals surface area contributed by atoms with Crippen molar-refractivity contribution in [3.8, 4) is 0 Å². The minimum Gasteiger partial charge on any atom is -0.391 e. The molecule has 0 aromatic carbocycles. The van der Waals surface area contributed by atoms with Gasteiger partial charge in [-0.15, -0.1) is 0 Å². The van der Waals surface area contributed by atoms with Gasteiger partial charge in [-0.2, -0.15) is 0 Å². The molecule has 0 bridgehead atoms. The van der Waals surface area contributed by atoms with Gasteiger partial charge in [0.05, 0.1) is 12.7 Å². The lowest BCUT2D eigenvalue weighted by atomic mass is 9.90. The fourth-order valence-electron chi connectivity index (χ4n) is 2.69. The smallest absolute Gasteiger partial charge is 0.0695 e. The van der Waals surface area contributed by atoms with Crippen LogP contribution in [0.1, 0.15) is 39.5 Å². The maximum atomic E-state index is 10.0. The van der Waals surface area contributed by atoms with Gasteiger partial charge in [-0.3, -0.25) is 4.90 Å². The van der Waals surface area contributed by atoms with Crippen LogP contribution in [0.5, 0.6) is 0 Å². The van der Waals surface area contributed by atoms with Gasteiger partial charge in [-0.1, -0.05) is 19.8 Å². The Morgan fingerprint density at radius 3 is 2.60 bits per heavy atom. The molecule has 3 heteroatoms. The number of hydrogen-bond acceptors (Lipinski definition) is 3. The molecule has 1 N–H and O–H groups in total. The van der Waals surface area contributed by atoms with Crippen LogP contribution >= 0.6 is 0 Å². The molecule has 0 spiro atoms. The zero-order valence-corrected chi connectivity index (χ0v) is 10.3. The molecule has 0 radical (unpaired) electrons. The van der Waals surface area contributed by atoms with E-state index in [1.54, 1.807) is 7.11 Å². The fraction of sp³-hybridized carbons (Fsp3) is 1.00. The van der Waals surface area contributed by atoms with Crippen LogP contribution in [0, 0.1) is 0 Å². The Kier molecular flexibility index (Phi) is 5.58. The van der Waals surface area contributed by atoms with Crippen molar-refractivity contribution in [1.29, 1.82) is 0 Å². The van der Waals surface area contributed by atoms with E-state index >= 15 is 0 Å². The SMILES string of the molecule is CCN(C(C)COC)[C@@H]1CCCC[C@H]1O. The Labute approximate surface area is 93.4 Å². The predicted octanol–water partition coefficient (Wildman–Crippen LogP) is 1.65. The number of nitrogens with zero attached hydrogens (tertiary/aromatic N) is 1. The van der Waals surface area contributed by atoms with Crippen molar-refractivity contribution in [2.24, 2.45) is 0 Å². The Balaban J connectivity index is 2.54. The first-order chi connectivity index (χ1) is 7.20. The molecule has 1 rings (SSSR count). The van der Waals surface area contributed by atoms with Crippen molar-refractivity contribution in [3.63, 3.8) is 0 Å². The molecule has 1 aliphatic carbocycles. The molecule has 15 heavy (non-hydrogen) atoms. The molecule has 0 saturated heterocycles. The van der Waals surface area contributed by atoms with Gasteiger partial charge < -0.3 is 9.84 Å². The number of rotatable bonds is 5. The predicted molar refractivity (Wildman–Crippen MR) is 62.0 cm³/mol. The summed E-state index contributed by atoms with van der Waals surface area (Å²) >= 11 is 0. The van der Waals surface area contributed by atoms with Gasteiger partial charge in [0.15, 0.2) is 0 Å². The van der Waals surface area contributed by atoms with Crippen LogP contribution < -0.4 is 0 Å². The largest absolute Gasteiger partial charge is 0.391 e. The van der Waals surface area contributed by atoms with Crippen LogP contribution in [0.25, 0.3) is 0 Å². The van der Waals surface area contributed by atoms with Crippen molar-refractivity contribution < 1.29 is 9.84 Å². The van der Waals surface area contributed by atoms with E-state index in [0.29, 0.717) is 12.1 Å². The van der Waals surface area contributed by atoms with Crippen LogP contribution in [-0.4, -0.2) is 48.5 Å². The maximum Gasteiger partial charge on any atom is 0.0695 e. The zero-order valence-electron chi connectivity index (χ0n) is 10.3. The molecular formula is C12H25NO2. The van der Waals surface area contributed by atoms with E-state index in [1.807, 2.05) is 0 Å². The van der Waals surface area contributed by atoms with Crippen molar-refractivity contribution in [2.75, 3.05) is 20.3 Å². The molecular weight excluding hydrogens is 190 g/mol. The van der Waals surface area contributed by atoms with Crippen LogP contribution in [0.15, 0.2) is 0 Å². The Hall–Kier alpha value is -0.120. The lowest BCUT2D eigenvalue weighted by Gasteiger charge is -2.40. The van der Waals surface area contributed by atoms with Crippen molar-refractivity contribution in [2.45, 2.75) is 57.7 Å². The minimum absolute atomic E-state index is 0.141. The molecule has 0 amide bonds. The maximum absolute atomic E-state index is 10.0. The highest BCUT2D eigenvalue weighted by Crippen LogP contribution is 2.24. The molecule has 1 saturated carbocycles. The molecule has 1 aliphatic rings. The molecule has 3 nitrogen and oxygen atoms in total. The second-order valence-corrected chi connectivity index (χ2v) is 4.55. The number of methoxy groups -OCH3 is 1. The van der Waals surface area contributed by atoms with Gasteiger partial charge >= 0.3 is 0 Å². The topological polar surface area (TPSA) is 32.7 Å². The number of hydrogen-bond donors (Lipinski definition) is 1. The fourth-order valence-corrected chi connectivity index (χ4v) is 2.69. The van der Waals surface area contributed by atoms with Crippen LogP contribution in [0.2, 0.25) is 0 Å². The average Bonchev–Trinajstić information content (AvgIpc) is 2.22. The first-order valence-corrected chi connectivity index (χ1v) is 6.13. The molecule has 0 aromatic rings. The summed E-state index contributed by atoms with van der Waals surface area (Å²) in [5.41, 5.74) is 0.